The van der Waals surface area contributed by atoms with Gasteiger partial charge in [0.25, 0.3) is 5.91 Å². The maximum atomic E-state index is 12.5. The Labute approximate surface area is 160 Å². The van der Waals surface area contributed by atoms with Gasteiger partial charge < -0.3 is 25.9 Å². The van der Waals surface area contributed by atoms with E-state index in [4.69, 9.17) is 0 Å². The highest BCUT2D eigenvalue weighted by atomic mass is 32.1. The van der Waals surface area contributed by atoms with E-state index in [-0.39, 0.29) is 5.91 Å². The molecule has 4 aromatic rings. The first-order valence-corrected chi connectivity index (χ1v) is 9.56. The zero-order chi connectivity index (χ0) is 18.5. The summed E-state index contributed by atoms with van der Waals surface area (Å²) in [6, 6.07) is 7.81. The minimum absolute atomic E-state index is 0.0738. The van der Waals surface area contributed by atoms with Crippen LogP contribution in [0.4, 0.5) is 11.4 Å². The number of aromatic amines is 2. The molecule has 0 spiro atoms. The number of fused-ring (bicyclic) bond motifs is 1. The first kappa shape index (κ1) is 17.3. The number of carbonyl (C=O) groups is 1. The van der Waals surface area contributed by atoms with E-state index in [1.807, 2.05) is 48.2 Å². The second kappa shape index (κ2) is 8.07. The maximum absolute atomic E-state index is 12.5. The quantitative estimate of drug-likeness (QED) is 0.303. The molecule has 0 aromatic carbocycles. The third-order valence-corrected chi connectivity index (χ3v) is 5.09. The number of pyridine rings is 1. The Kier molecular flexibility index (Phi) is 5.17. The van der Waals surface area contributed by atoms with Gasteiger partial charge in [-0.1, -0.05) is 0 Å². The molecule has 0 saturated carbocycles. The van der Waals surface area contributed by atoms with Gasteiger partial charge >= 0.3 is 0 Å². The number of amides is 1. The average Bonchev–Trinajstić information content (AvgIpc) is 3.43. The predicted molar refractivity (Wildman–Crippen MR) is 109 cm³/mol. The van der Waals surface area contributed by atoms with Crippen molar-refractivity contribution in [3.8, 4) is 0 Å². The minimum atomic E-state index is -0.0738. The van der Waals surface area contributed by atoms with Gasteiger partial charge in [-0.15, -0.1) is 11.3 Å². The van der Waals surface area contributed by atoms with Crippen LogP contribution in [-0.2, 0) is 6.54 Å². The van der Waals surface area contributed by atoms with Crippen LogP contribution in [0.25, 0.3) is 11.0 Å². The Morgan fingerprint density at radius 2 is 2.07 bits per heavy atom. The average molecular weight is 380 g/mol. The van der Waals surface area contributed by atoms with E-state index in [9.17, 15) is 4.79 Å². The van der Waals surface area contributed by atoms with Crippen molar-refractivity contribution in [1.29, 1.82) is 0 Å². The van der Waals surface area contributed by atoms with Gasteiger partial charge in [0.05, 0.1) is 11.4 Å². The highest BCUT2D eigenvalue weighted by Crippen LogP contribution is 2.29. The summed E-state index contributed by atoms with van der Waals surface area (Å²) in [4.78, 5) is 23.6. The first-order chi connectivity index (χ1) is 13.3. The summed E-state index contributed by atoms with van der Waals surface area (Å²) in [6.07, 6.45) is 7.44. The summed E-state index contributed by atoms with van der Waals surface area (Å²) in [5.41, 5.74) is 3.72. The lowest BCUT2D eigenvalue weighted by Crippen LogP contribution is -2.31. The van der Waals surface area contributed by atoms with E-state index in [0.29, 0.717) is 18.0 Å². The lowest BCUT2D eigenvalue weighted by atomic mass is 10.2. The zero-order valence-electron chi connectivity index (χ0n) is 14.6. The molecule has 0 unspecified atom stereocenters. The molecule has 27 heavy (non-hydrogen) atoms. The van der Waals surface area contributed by atoms with Crippen molar-refractivity contribution in [1.82, 2.24) is 25.6 Å². The lowest BCUT2D eigenvalue weighted by Gasteiger charge is -2.09. The van der Waals surface area contributed by atoms with Gasteiger partial charge in [-0.2, -0.15) is 0 Å². The molecule has 0 aliphatic carbocycles. The second-order valence-corrected chi connectivity index (χ2v) is 6.95. The fraction of sp³-hybridized carbons (Fsp3) is 0.158. The fourth-order valence-electron chi connectivity index (χ4n) is 2.84. The first-order valence-electron chi connectivity index (χ1n) is 8.68. The van der Waals surface area contributed by atoms with Crippen LogP contribution < -0.4 is 16.0 Å². The molecule has 0 atom stereocenters. The van der Waals surface area contributed by atoms with Crippen LogP contribution in [0.15, 0.2) is 54.4 Å². The topological polar surface area (TPSA) is 97.6 Å². The Hall–Kier alpha value is -3.10. The molecule has 0 fully saturated rings. The number of carbonyl (C=O) groups excluding carboxylic acids is 1. The molecule has 4 aromatic heterocycles. The summed E-state index contributed by atoms with van der Waals surface area (Å²) >= 11 is 1.42. The number of hydrogen-bond acceptors (Lipinski definition) is 5. The van der Waals surface area contributed by atoms with Crippen LogP contribution in [0.5, 0.6) is 0 Å². The predicted octanol–water partition coefficient (Wildman–Crippen LogP) is 3.22. The molecule has 0 saturated heterocycles. The SMILES string of the molecule is O=C(NCCNCc1cc[nH]c1)c1sccc1Nc1ccnc2[nH]ccc12. The van der Waals surface area contributed by atoms with Crippen LogP contribution >= 0.6 is 11.3 Å². The monoisotopic (exact) mass is 380 g/mol. The number of aromatic nitrogens is 3. The Balaban J connectivity index is 1.34. The highest BCUT2D eigenvalue weighted by Gasteiger charge is 2.14. The van der Waals surface area contributed by atoms with Crippen LogP contribution in [0, 0.1) is 0 Å². The van der Waals surface area contributed by atoms with E-state index in [1.165, 1.54) is 16.9 Å². The Morgan fingerprint density at radius 1 is 1.11 bits per heavy atom. The van der Waals surface area contributed by atoms with E-state index >= 15 is 0 Å². The largest absolute Gasteiger partial charge is 0.367 e. The third-order valence-electron chi connectivity index (χ3n) is 4.18. The number of thiophene rings is 1. The van der Waals surface area contributed by atoms with E-state index < -0.39 is 0 Å². The number of rotatable bonds is 8. The van der Waals surface area contributed by atoms with Gasteiger partial charge in [0.2, 0.25) is 0 Å². The van der Waals surface area contributed by atoms with Crippen LogP contribution in [0.1, 0.15) is 15.2 Å². The molecule has 1 amide bonds. The van der Waals surface area contributed by atoms with E-state index in [2.05, 4.69) is 30.9 Å². The smallest absolute Gasteiger partial charge is 0.263 e. The Bertz CT molecular complexity index is 1020. The van der Waals surface area contributed by atoms with Crippen LogP contribution in [-0.4, -0.2) is 33.9 Å². The molecule has 0 bridgehead atoms. The van der Waals surface area contributed by atoms with E-state index in [1.54, 1.807) is 6.20 Å². The third kappa shape index (κ3) is 4.02. The second-order valence-electron chi connectivity index (χ2n) is 6.04. The van der Waals surface area contributed by atoms with Crippen molar-refractivity contribution in [2.45, 2.75) is 6.54 Å². The molecular formula is C19H20N6OS. The van der Waals surface area contributed by atoms with Gasteiger partial charge in [-0.25, -0.2) is 4.98 Å². The van der Waals surface area contributed by atoms with Gasteiger partial charge in [0, 0.05) is 49.8 Å². The highest BCUT2D eigenvalue weighted by molar-refractivity contribution is 7.12. The molecule has 7 nitrogen and oxygen atoms in total. The van der Waals surface area contributed by atoms with E-state index in [0.717, 1.165) is 29.0 Å². The molecule has 0 aliphatic rings. The van der Waals surface area contributed by atoms with Gasteiger partial charge in [-0.3, -0.25) is 4.79 Å². The van der Waals surface area contributed by atoms with Crippen molar-refractivity contribution >= 4 is 39.7 Å². The molecule has 5 N–H and O–H groups in total. The summed E-state index contributed by atoms with van der Waals surface area (Å²) in [7, 11) is 0. The molecule has 8 heteroatoms. The summed E-state index contributed by atoms with van der Waals surface area (Å²) in [6.45, 7) is 2.05. The normalized spacial score (nSPS) is 11.0. The Morgan fingerprint density at radius 3 is 2.96 bits per heavy atom. The van der Waals surface area contributed by atoms with Gasteiger partial charge in [0.15, 0.2) is 0 Å². The number of hydrogen-bond donors (Lipinski definition) is 5. The number of H-pyrrole nitrogens is 2. The molecular weight excluding hydrogens is 360 g/mol. The molecule has 0 radical (unpaired) electrons. The van der Waals surface area contributed by atoms with Crippen molar-refractivity contribution in [3.05, 3.63) is 64.9 Å². The fourth-order valence-corrected chi connectivity index (χ4v) is 3.61. The zero-order valence-corrected chi connectivity index (χ0v) is 15.4. The van der Waals surface area contributed by atoms with Gasteiger partial charge in [-0.05, 0) is 35.2 Å². The molecule has 138 valence electrons. The van der Waals surface area contributed by atoms with Crippen molar-refractivity contribution in [3.63, 3.8) is 0 Å². The lowest BCUT2D eigenvalue weighted by molar-refractivity contribution is 0.0958. The standard InChI is InChI=1S/C19H20N6OS/c26-19(24-9-8-21-12-13-1-5-20-11-13)17-16(4-10-27-17)25-15-3-7-23-18-14(15)2-6-22-18/h1-7,10-11,20-21H,8-9,12H2,(H,24,26)(H2,22,23,25). The summed E-state index contributed by atoms with van der Waals surface area (Å²) < 4.78 is 0. The van der Waals surface area contributed by atoms with Gasteiger partial charge in [0.1, 0.15) is 10.5 Å². The van der Waals surface area contributed by atoms with Crippen LogP contribution in [0.2, 0.25) is 0 Å². The molecule has 4 rings (SSSR count). The van der Waals surface area contributed by atoms with Crippen LogP contribution in [0.3, 0.4) is 0 Å². The number of nitrogens with zero attached hydrogens (tertiary/aromatic N) is 1. The minimum Gasteiger partial charge on any atom is -0.367 e. The maximum Gasteiger partial charge on any atom is 0.263 e. The van der Waals surface area contributed by atoms with Crippen molar-refractivity contribution in [2.24, 2.45) is 0 Å². The molecule has 4 heterocycles. The summed E-state index contributed by atoms with van der Waals surface area (Å²) in [5, 5.41) is 12.5. The van der Waals surface area contributed by atoms with Crippen molar-refractivity contribution in [2.75, 3.05) is 18.4 Å². The number of nitrogens with one attached hydrogen (secondary N) is 5. The van der Waals surface area contributed by atoms with Crippen molar-refractivity contribution < 1.29 is 4.79 Å². The molecule has 0 aliphatic heterocycles. The summed E-state index contributed by atoms with van der Waals surface area (Å²) in [5.74, 6) is -0.0738. The number of anilines is 2.